The average molecular weight is 906 g/mol. The largest absolute Gasteiger partial charge is 0.489 e. The SMILES string of the molecule is Cc1ccc(OC2CCN(c3ncnc(Nc4cccc(NC(=O)CCC(=O)Nc5cccc(Nc6ncnc(N7CCC(n8cc(-c9ccc(Cl)cc9)cn8)CC7)n6)c5)c4)n3)CC2)cn1. The lowest BCUT2D eigenvalue weighted by atomic mass is 10.1. The molecule has 2 fully saturated rings. The van der Waals surface area contributed by atoms with Gasteiger partial charge in [-0.3, -0.25) is 19.3 Å². The molecule has 66 heavy (non-hydrogen) atoms. The minimum atomic E-state index is -0.300. The highest BCUT2D eigenvalue weighted by molar-refractivity contribution is 6.30. The van der Waals surface area contributed by atoms with Gasteiger partial charge in [-0.15, -0.1) is 0 Å². The summed E-state index contributed by atoms with van der Waals surface area (Å²) < 4.78 is 8.17. The Bertz CT molecular complexity index is 2760. The van der Waals surface area contributed by atoms with Crippen molar-refractivity contribution in [3.63, 3.8) is 0 Å². The molecule has 4 aromatic heterocycles. The summed E-state index contributed by atoms with van der Waals surface area (Å²) in [5.41, 5.74) is 5.58. The first-order valence-corrected chi connectivity index (χ1v) is 22.2. The number of aryl methyl sites for hydroxylation is 1. The highest BCUT2D eigenvalue weighted by Crippen LogP contribution is 2.29. The monoisotopic (exact) mass is 905 g/mol. The van der Waals surface area contributed by atoms with Crippen LogP contribution in [0.1, 0.15) is 50.3 Å². The first kappa shape index (κ1) is 43.5. The first-order chi connectivity index (χ1) is 32.2. The first-order valence-electron chi connectivity index (χ1n) is 21.9. The number of hydrogen-bond donors (Lipinski definition) is 4. The van der Waals surface area contributed by atoms with Crippen molar-refractivity contribution in [3.05, 3.63) is 127 Å². The fourth-order valence-corrected chi connectivity index (χ4v) is 7.96. The van der Waals surface area contributed by atoms with E-state index in [0.717, 1.165) is 74.4 Å². The number of carbonyl (C=O) groups excluding carboxylic acids is 2. The second-order valence-electron chi connectivity index (χ2n) is 16.1. The molecule has 0 spiro atoms. The van der Waals surface area contributed by atoms with E-state index in [2.05, 4.69) is 77.3 Å². The summed E-state index contributed by atoms with van der Waals surface area (Å²) in [4.78, 5) is 61.3. The van der Waals surface area contributed by atoms with Crippen LogP contribution in [0.4, 0.5) is 46.5 Å². The molecule has 6 heterocycles. The van der Waals surface area contributed by atoms with Gasteiger partial charge in [-0.25, -0.2) is 19.9 Å². The number of aromatic nitrogens is 9. The Hall–Kier alpha value is -7.73. The van der Waals surface area contributed by atoms with E-state index < -0.39 is 0 Å². The molecule has 2 amide bonds. The van der Waals surface area contributed by atoms with Gasteiger partial charge in [0.25, 0.3) is 0 Å². The topological polar surface area (TPSA) is 206 Å². The van der Waals surface area contributed by atoms with Crippen molar-refractivity contribution in [2.75, 3.05) is 57.2 Å². The molecule has 0 atom stereocenters. The lowest BCUT2D eigenvalue weighted by molar-refractivity contribution is -0.121. The number of pyridine rings is 1. The van der Waals surface area contributed by atoms with Gasteiger partial charge in [0.2, 0.25) is 35.6 Å². The van der Waals surface area contributed by atoms with E-state index in [1.165, 1.54) is 12.7 Å². The molecule has 2 aliphatic heterocycles. The Kier molecular flexibility index (Phi) is 13.5. The number of rotatable bonds is 15. The molecule has 0 radical (unpaired) electrons. The van der Waals surface area contributed by atoms with Crippen molar-refractivity contribution in [3.8, 4) is 16.9 Å². The fraction of sp³-hybridized carbons (Fsp3) is 0.277. The van der Waals surface area contributed by atoms with Crippen molar-refractivity contribution in [1.29, 1.82) is 0 Å². The third-order valence-corrected chi connectivity index (χ3v) is 11.6. The molecule has 3 aromatic carbocycles. The van der Waals surface area contributed by atoms with Crippen molar-refractivity contribution in [1.82, 2.24) is 44.7 Å². The summed E-state index contributed by atoms with van der Waals surface area (Å²) in [7, 11) is 0. The van der Waals surface area contributed by atoms with Crippen LogP contribution in [0.15, 0.2) is 116 Å². The van der Waals surface area contributed by atoms with E-state index in [0.29, 0.717) is 51.6 Å². The van der Waals surface area contributed by atoms with Crippen LogP contribution in [-0.2, 0) is 9.59 Å². The van der Waals surface area contributed by atoms with Gasteiger partial charge in [0.15, 0.2) is 0 Å². The standard InChI is InChI=1S/C47H48ClN15O3/c1-31-8-13-41(27-49-31)66-40-18-22-62(23-19-40)47-53-30-51-45(60-47)58-38-7-3-5-36(25-38)56-43(65)15-14-42(64)55-35-4-2-6-37(24-35)57-44-50-29-52-46(59-44)61-20-16-39(17-21-61)63-28-33(26-54-63)32-9-11-34(48)12-10-32/h2-13,24-30,39-40H,14-23H2,1H3,(H,55,64)(H,56,65)(H,50,52,57,59)(H,51,53,58,60). The zero-order valence-electron chi connectivity index (χ0n) is 36.2. The lowest BCUT2D eigenvalue weighted by Gasteiger charge is -2.32. The second kappa shape index (κ2) is 20.4. The third-order valence-electron chi connectivity index (χ3n) is 11.3. The summed E-state index contributed by atoms with van der Waals surface area (Å²) >= 11 is 6.07. The molecular formula is C47H48ClN15O3. The minimum absolute atomic E-state index is 0.0147. The van der Waals surface area contributed by atoms with Gasteiger partial charge in [0, 0.05) is 97.1 Å². The van der Waals surface area contributed by atoms with Crippen molar-refractivity contribution in [2.24, 2.45) is 0 Å². The maximum Gasteiger partial charge on any atom is 0.231 e. The normalized spacial score (nSPS) is 14.4. The highest BCUT2D eigenvalue weighted by atomic mass is 35.5. The van der Waals surface area contributed by atoms with Crippen LogP contribution in [0.3, 0.4) is 0 Å². The zero-order valence-corrected chi connectivity index (χ0v) is 37.0. The number of halogens is 1. The molecule has 19 heteroatoms. The van der Waals surface area contributed by atoms with E-state index in [1.807, 2.05) is 78.5 Å². The Balaban J connectivity index is 0.709. The van der Waals surface area contributed by atoms with Crippen LogP contribution >= 0.6 is 11.6 Å². The van der Waals surface area contributed by atoms with Gasteiger partial charge in [-0.05, 0) is 86.0 Å². The molecule has 0 unspecified atom stereocenters. The zero-order chi connectivity index (χ0) is 45.2. The quantitative estimate of drug-likeness (QED) is 0.0769. The summed E-state index contributed by atoms with van der Waals surface area (Å²) in [5, 5.41) is 17.6. The van der Waals surface area contributed by atoms with Crippen LogP contribution in [0, 0.1) is 6.92 Å². The molecule has 4 N–H and O–H groups in total. The molecule has 2 aliphatic rings. The van der Waals surface area contributed by atoms with Crippen LogP contribution in [0.2, 0.25) is 5.02 Å². The van der Waals surface area contributed by atoms with Crippen molar-refractivity contribution >= 4 is 70.0 Å². The maximum atomic E-state index is 12.9. The highest BCUT2D eigenvalue weighted by Gasteiger charge is 2.25. The Morgan fingerprint density at radius 2 is 1.21 bits per heavy atom. The summed E-state index contributed by atoms with van der Waals surface area (Å²) in [6.07, 6.45) is 12.2. The predicted molar refractivity (Wildman–Crippen MR) is 254 cm³/mol. The molecule has 9 rings (SSSR count). The van der Waals surface area contributed by atoms with Gasteiger partial charge >= 0.3 is 0 Å². The average Bonchev–Trinajstić information content (AvgIpc) is 3.83. The number of hydrogen-bond acceptors (Lipinski definition) is 15. The summed E-state index contributed by atoms with van der Waals surface area (Å²) in [5.74, 6) is 2.10. The van der Waals surface area contributed by atoms with Crippen LogP contribution in [0.5, 0.6) is 5.75 Å². The van der Waals surface area contributed by atoms with E-state index in [9.17, 15) is 9.59 Å². The second-order valence-corrected chi connectivity index (χ2v) is 16.5. The van der Waals surface area contributed by atoms with Crippen LogP contribution in [-0.4, -0.2) is 88.8 Å². The van der Waals surface area contributed by atoms with Crippen molar-refractivity contribution in [2.45, 2.75) is 57.6 Å². The van der Waals surface area contributed by atoms with Crippen LogP contribution < -0.4 is 35.8 Å². The van der Waals surface area contributed by atoms with Gasteiger partial charge < -0.3 is 35.8 Å². The number of ether oxygens (including phenoxy) is 1. The van der Waals surface area contributed by atoms with E-state index in [-0.39, 0.29) is 36.8 Å². The maximum absolute atomic E-state index is 12.9. The fourth-order valence-electron chi connectivity index (χ4n) is 7.83. The molecule has 336 valence electrons. The number of carbonyl (C=O) groups is 2. The van der Waals surface area contributed by atoms with E-state index >= 15 is 0 Å². The van der Waals surface area contributed by atoms with E-state index in [1.54, 1.807) is 30.5 Å². The molecule has 0 aliphatic carbocycles. The van der Waals surface area contributed by atoms with Gasteiger partial charge in [-0.1, -0.05) is 35.9 Å². The van der Waals surface area contributed by atoms with Gasteiger partial charge in [0.1, 0.15) is 24.5 Å². The number of nitrogens with one attached hydrogen (secondary N) is 4. The number of nitrogens with zero attached hydrogens (tertiary/aromatic N) is 11. The van der Waals surface area contributed by atoms with Gasteiger partial charge in [0.05, 0.1) is 18.4 Å². The number of amides is 2. The molecule has 0 saturated carbocycles. The predicted octanol–water partition coefficient (Wildman–Crippen LogP) is 8.01. The van der Waals surface area contributed by atoms with E-state index in [4.69, 9.17) is 16.3 Å². The smallest absolute Gasteiger partial charge is 0.231 e. The van der Waals surface area contributed by atoms with Crippen LogP contribution in [0.25, 0.3) is 11.1 Å². The minimum Gasteiger partial charge on any atom is -0.489 e. The van der Waals surface area contributed by atoms with Crippen molar-refractivity contribution < 1.29 is 14.3 Å². The third kappa shape index (κ3) is 11.5. The number of benzene rings is 3. The Labute approximate surface area is 386 Å². The number of anilines is 8. The Morgan fingerprint density at radius 1 is 0.652 bits per heavy atom. The number of piperidine rings is 2. The molecule has 2 saturated heterocycles. The molecule has 0 bridgehead atoms. The molecule has 18 nitrogen and oxygen atoms in total. The Morgan fingerprint density at radius 3 is 1.77 bits per heavy atom. The van der Waals surface area contributed by atoms with Gasteiger partial charge in [-0.2, -0.15) is 15.1 Å². The molecular weight excluding hydrogens is 858 g/mol. The molecule has 7 aromatic rings. The lowest BCUT2D eigenvalue weighted by Crippen LogP contribution is -2.39. The summed E-state index contributed by atoms with van der Waals surface area (Å²) in [6.45, 7) is 4.96. The summed E-state index contributed by atoms with van der Waals surface area (Å²) in [6, 6.07) is 26.4.